The summed E-state index contributed by atoms with van der Waals surface area (Å²) in [5.74, 6) is -0.719. The largest absolute Gasteiger partial charge is 0.465 e. The van der Waals surface area contributed by atoms with Crippen LogP contribution < -0.4 is 5.32 Å². The lowest BCUT2D eigenvalue weighted by Gasteiger charge is -2.09. The first-order chi connectivity index (χ1) is 10.1. The van der Waals surface area contributed by atoms with Gasteiger partial charge in [0.1, 0.15) is 5.56 Å². The van der Waals surface area contributed by atoms with E-state index in [9.17, 15) is 14.9 Å². The van der Waals surface area contributed by atoms with Crippen molar-refractivity contribution in [2.75, 3.05) is 12.4 Å². The number of anilines is 1. The highest BCUT2D eigenvalue weighted by Crippen LogP contribution is 2.25. The van der Waals surface area contributed by atoms with E-state index in [1.807, 2.05) is 30.3 Å². The second-order valence-corrected chi connectivity index (χ2v) is 4.28. The van der Waals surface area contributed by atoms with E-state index in [0.717, 1.165) is 5.69 Å². The van der Waals surface area contributed by atoms with Gasteiger partial charge in [0.05, 0.1) is 12.0 Å². The second kappa shape index (κ2) is 6.51. The minimum Gasteiger partial charge on any atom is -0.465 e. The fourth-order valence-electron chi connectivity index (χ4n) is 1.98. The second-order valence-electron chi connectivity index (χ2n) is 4.28. The lowest BCUT2D eigenvalue weighted by molar-refractivity contribution is -0.385. The quantitative estimate of drug-likeness (QED) is 0.519. The summed E-state index contributed by atoms with van der Waals surface area (Å²) in [6.07, 6.45) is 0. The minimum absolute atomic E-state index is 0.0464. The summed E-state index contributed by atoms with van der Waals surface area (Å²) >= 11 is 0. The molecule has 108 valence electrons. The van der Waals surface area contributed by atoms with Gasteiger partial charge < -0.3 is 10.1 Å². The molecule has 2 aromatic carbocycles. The van der Waals surface area contributed by atoms with Crippen LogP contribution in [0.5, 0.6) is 0 Å². The smallest absolute Gasteiger partial charge is 0.344 e. The number of hydrogen-bond acceptors (Lipinski definition) is 5. The van der Waals surface area contributed by atoms with Crippen LogP contribution in [0.1, 0.15) is 15.9 Å². The van der Waals surface area contributed by atoms with Crippen molar-refractivity contribution in [3.8, 4) is 0 Å². The molecule has 0 atom stereocenters. The molecule has 0 radical (unpaired) electrons. The number of esters is 1. The highest BCUT2D eigenvalue weighted by atomic mass is 16.6. The number of nitro groups is 1. The van der Waals surface area contributed by atoms with Crippen molar-refractivity contribution in [2.24, 2.45) is 0 Å². The Morgan fingerprint density at radius 1 is 1.19 bits per heavy atom. The molecule has 0 aliphatic carbocycles. The molecule has 0 aliphatic rings. The number of rotatable bonds is 5. The van der Waals surface area contributed by atoms with Gasteiger partial charge in [-0.3, -0.25) is 10.1 Å². The molecule has 0 aliphatic heterocycles. The van der Waals surface area contributed by atoms with E-state index >= 15 is 0 Å². The molecule has 2 rings (SSSR count). The zero-order valence-corrected chi connectivity index (χ0v) is 11.4. The molecular formula is C15H14N2O4. The maximum absolute atomic E-state index is 11.6. The molecule has 0 fully saturated rings. The van der Waals surface area contributed by atoms with Crippen LogP contribution in [0.15, 0.2) is 48.5 Å². The number of carbonyl (C=O) groups excluding carboxylic acids is 1. The van der Waals surface area contributed by atoms with E-state index in [-0.39, 0.29) is 17.8 Å². The fraction of sp³-hybridized carbons (Fsp3) is 0.133. The molecule has 0 heterocycles. The number of ether oxygens (including phenoxy) is 1. The van der Waals surface area contributed by atoms with Crippen molar-refractivity contribution in [2.45, 2.75) is 6.54 Å². The SMILES string of the molecule is COC(=O)c1cccc(CNc2ccccc2)c1[N+](=O)[O-]. The summed E-state index contributed by atoms with van der Waals surface area (Å²) in [5, 5.41) is 14.3. The summed E-state index contributed by atoms with van der Waals surface area (Å²) in [6.45, 7) is 0.241. The molecular weight excluding hydrogens is 272 g/mol. The summed E-state index contributed by atoms with van der Waals surface area (Å²) in [4.78, 5) is 22.3. The minimum atomic E-state index is -0.719. The Morgan fingerprint density at radius 3 is 2.52 bits per heavy atom. The summed E-state index contributed by atoms with van der Waals surface area (Å²) in [7, 11) is 1.20. The van der Waals surface area contributed by atoms with Crippen molar-refractivity contribution < 1.29 is 14.5 Å². The molecule has 21 heavy (non-hydrogen) atoms. The third-order valence-corrected chi connectivity index (χ3v) is 2.96. The summed E-state index contributed by atoms with van der Waals surface area (Å²) < 4.78 is 4.58. The Hall–Kier alpha value is -2.89. The van der Waals surface area contributed by atoms with E-state index in [1.54, 1.807) is 12.1 Å². The van der Waals surface area contributed by atoms with Crippen LogP contribution >= 0.6 is 0 Å². The van der Waals surface area contributed by atoms with E-state index in [0.29, 0.717) is 5.56 Å². The molecule has 0 aromatic heterocycles. The lowest BCUT2D eigenvalue weighted by Crippen LogP contribution is -2.10. The summed E-state index contributed by atoms with van der Waals surface area (Å²) in [6, 6.07) is 13.9. The average Bonchev–Trinajstić information content (AvgIpc) is 2.52. The normalized spacial score (nSPS) is 9.95. The highest BCUT2D eigenvalue weighted by molar-refractivity contribution is 5.94. The molecule has 6 nitrogen and oxygen atoms in total. The van der Waals surface area contributed by atoms with Gasteiger partial charge in [0.25, 0.3) is 5.69 Å². The monoisotopic (exact) mass is 286 g/mol. The molecule has 6 heteroatoms. The van der Waals surface area contributed by atoms with Crippen LogP contribution in [0.2, 0.25) is 0 Å². The van der Waals surface area contributed by atoms with E-state index in [1.165, 1.54) is 13.2 Å². The molecule has 0 amide bonds. The first kappa shape index (κ1) is 14.5. The zero-order chi connectivity index (χ0) is 15.2. The number of hydrogen-bond donors (Lipinski definition) is 1. The molecule has 0 spiro atoms. The molecule has 1 N–H and O–H groups in total. The standard InChI is InChI=1S/C15H14N2O4/c1-21-15(18)13-9-5-6-11(14(13)17(19)20)10-16-12-7-3-2-4-8-12/h2-9,16H,10H2,1H3. The zero-order valence-electron chi connectivity index (χ0n) is 11.4. The highest BCUT2D eigenvalue weighted by Gasteiger charge is 2.24. The van der Waals surface area contributed by atoms with Crippen LogP contribution in [0.25, 0.3) is 0 Å². The molecule has 0 bridgehead atoms. The van der Waals surface area contributed by atoms with Gasteiger partial charge in [-0.2, -0.15) is 0 Å². The third kappa shape index (κ3) is 3.36. The van der Waals surface area contributed by atoms with Crippen LogP contribution in [-0.2, 0) is 11.3 Å². The first-order valence-electron chi connectivity index (χ1n) is 6.27. The number of nitrogens with zero attached hydrogens (tertiary/aromatic N) is 1. The Morgan fingerprint density at radius 2 is 1.90 bits per heavy atom. The number of carbonyl (C=O) groups is 1. The fourth-order valence-corrected chi connectivity index (χ4v) is 1.98. The first-order valence-corrected chi connectivity index (χ1v) is 6.27. The Balaban J connectivity index is 2.30. The van der Waals surface area contributed by atoms with Gasteiger partial charge in [0.2, 0.25) is 0 Å². The molecule has 0 saturated carbocycles. The number of para-hydroxylation sites is 2. The van der Waals surface area contributed by atoms with Crippen LogP contribution in [0.3, 0.4) is 0 Å². The number of methoxy groups -OCH3 is 1. The van der Waals surface area contributed by atoms with E-state index < -0.39 is 10.9 Å². The van der Waals surface area contributed by atoms with Crippen LogP contribution in [-0.4, -0.2) is 18.0 Å². The molecule has 2 aromatic rings. The number of nitro benzene ring substituents is 1. The van der Waals surface area contributed by atoms with Gasteiger partial charge in [-0.1, -0.05) is 30.3 Å². The average molecular weight is 286 g/mol. The van der Waals surface area contributed by atoms with Gasteiger partial charge in [-0.15, -0.1) is 0 Å². The molecule has 0 saturated heterocycles. The van der Waals surface area contributed by atoms with Crippen LogP contribution in [0, 0.1) is 10.1 Å². The van der Waals surface area contributed by atoms with Crippen molar-refractivity contribution >= 4 is 17.3 Å². The molecule has 0 unspecified atom stereocenters. The number of benzene rings is 2. The van der Waals surface area contributed by atoms with E-state index in [2.05, 4.69) is 10.1 Å². The Kier molecular flexibility index (Phi) is 4.50. The van der Waals surface area contributed by atoms with Crippen molar-refractivity contribution in [3.63, 3.8) is 0 Å². The van der Waals surface area contributed by atoms with Crippen molar-refractivity contribution in [1.29, 1.82) is 0 Å². The van der Waals surface area contributed by atoms with E-state index in [4.69, 9.17) is 0 Å². The van der Waals surface area contributed by atoms with Gasteiger partial charge in [-0.05, 0) is 18.2 Å². The predicted octanol–water partition coefficient (Wildman–Crippen LogP) is 2.99. The van der Waals surface area contributed by atoms with Crippen LogP contribution in [0.4, 0.5) is 11.4 Å². The third-order valence-electron chi connectivity index (χ3n) is 2.96. The summed E-state index contributed by atoms with van der Waals surface area (Å²) in [5.41, 5.74) is 0.990. The Bertz CT molecular complexity index is 656. The van der Waals surface area contributed by atoms with Crippen molar-refractivity contribution in [3.05, 3.63) is 69.8 Å². The maximum Gasteiger partial charge on any atom is 0.344 e. The van der Waals surface area contributed by atoms with Gasteiger partial charge in [0, 0.05) is 17.8 Å². The van der Waals surface area contributed by atoms with Gasteiger partial charge >= 0.3 is 5.97 Å². The van der Waals surface area contributed by atoms with Gasteiger partial charge in [0.15, 0.2) is 0 Å². The number of nitrogens with one attached hydrogen (secondary N) is 1. The topological polar surface area (TPSA) is 81.5 Å². The van der Waals surface area contributed by atoms with Crippen molar-refractivity contribution in [1.82, 2.24) is 0 Å². The van der Waals surface area contributed by atoms with Gasteiger partial charge in [-0.25, -0.2) is 4.79 Å². The predicted molar refractivity (Wildman–Crippen MR) is 78.2 cm³/mol. The Labute approximate surface area is 121 Å². The lowest BCUT2D eigenvalue weighted by atomic mass is 10.1. The maximum atomic E-state index is 11.6.